The van der Waals surface area contributed by atoms with E-state index in [0.717, 1.165) is 16.8 Å². The molecule has 1 heterocycles. The van der Waals surface area contributed by atoms with Gasteiger partial charge in [0.1, 0.15) is 0 Å². The maximum absolute atomic E-state index is 11.8. The molecule has 100 valence electrons. The van der Waals surface area contributed by atoms with Crippen LogP contribution in [0.3, 0.4) is 0 Å². The molecule has 5 nitrogen and oxygen atoms in total. The molecule has 0 radical (unpaired) electrons. The van der Waals surface area contributed by atoms with Crippen molar-refractivity contribution in [2.45, 2.75) is 19.4 Å². The predicted octanol–water partition coefficient (Wildman–Crippen LogP) is 1.76. The largest absolute Gasteiger partial charge is 0.324 e. The fourth-order valence-electron chi connectivity index (χ4n) is 1.64. The molecule has 0 unspecified atom stereocenters. The number of anilines is 1. The molecule has 1 aromatic carbocycles. The van der Waals surface area contributed by atoms with Crippen molar-refractivity contribution >= 4 is 11.6 Å². The molecule has 0 aliphatic carbocycles. The van der Waals surface area contributed by atoms with E-state index in [-0.39, 0.29) is 5.91 Å². The Labute approximate surface area is 112 Å². The number of nitrogens with zero attached hydrogens (tertiary/aromatic N) is 2. The van der Waals surface area contributed by atoms with Gasteiger partial charge in [-0.05, 0) is 31.5 Å². The molecule has 2 rings (SSSR count). The van der Waals surface area contributed by atoms with E-state index in [1.54, 1.807) is 24.7 Å². The van der Waals surface area contributed by atoms with Crippen molar-refractivity contribution in [2.75, 3.05) is 5.32 Å². The summed E-state index contributed by atoms with van der Waals surface area (Å²) in [6, 6.07) is 7.60. The number of aryl methyl sites for hydroxylation is 1. The number of benzene rings is 1. The molecule has 1 amide bonds. The van der Waals surface area contributed by atoms with Gasteiger partial charge in [-0.15, -0.1) is 0 Å². The summed E-state index contributed by atoms with van der Waals surface area (Å²) in [4.78, 5) is 11.8. The van der Waals surface area contributed by atoms with Crippen LogP contribution in [0, 0.1) is 0 Å². The number of amides is 1. The third-order valence-electron chi connectivity index (χ3n) is 2.74. The van der Waals surface area contributed by atoms with Crippen molar-refractivity contribution in [1.82, 2.24) is 9.78 Å². The van der Waals surface area contributed by atoms with Gasteiger partial charge in [-0.3, -0.25) is 9.48 Å². The lowest BCUT2D eigenvalue weighted by atomic mass is 10.1. The van der Waals surface area contributed by atoms with Crippen LogP contribution in [0.4, 0.5) is 5.69 Å². The molecular weight excluding hydrogens is 240 g/mol. The quantitative estimate of drug-likeness (QED) is 0.881. The normalized spacial score (nSPS) is 11.4. The van der Waals surface area contributed by atoms with Crippen LogP contribution in [-0.4, -0.2) is 21.2 Å². The van der Waals surface area contributed by atoms with Crippen LogP contribution in [-0.2, 0) is 11.8 Å². The van der Waals surface area contributed by atoms with Crippen molar-refractivity contribution < 1.29 is 4.79 Å². The van der Waals surface area contributed by atoms with Crippen LogP contribution >= 0.6 is 0 Å². The molecule has 0 bridgehead atoms. The van der Waals surface area contributed by atoms with E-state index >= 15 is 0 Å². The van der Waals surface area contributed by atoms with Gasteiger partial charge in [-0.1, -0.05) is 12.1 Å². The first kappa shape index (κ1) is 13.3. The maximum Gasteiger partial charge on any atom is 0.243 e. The van der Waals surface area contributed by atoms with Gasteiger partial charge in [0.15, 0.2) is 0 Å². The molecule has 0 fully saturated rings. The van der Waals surface area contributed by atoms with Gasteiger partial charge in [0.05, 0.1) is 11.7 Å². The lowest BCUT2D eigenvalue weighted by Crippen LogP contribution is -2.45. The highest BCUT2D eigenvalue weighted by Crippen LogP contribution is 2.22. The molecule has 0 spiro atoms. The van der Waals surface area contributed by atoms with E-state index in [1.807, 2.05) is 37.5 Å². The second-order valence-electron chi connectivity index (χ2n) is 5.16. The van der Waals surface area contributed by atoms with Crippen molar-refractivity contribution in [3.05, 3.63) is 36.7 Å². The molecule has 19 heavy (non-hydrogen) atoms. The molecule has 0 aliphatic rings. The van der Waals surface area contributed by atoms with Crippen LogP contribution in [0.2, 0.25) is 0 Å². The van der Waals surface area contributed by atoms with Crippen LogP contribution in [0.25, 0.3) is 11.1 Å². The van der Waals surface area contributed by atoms with E-state index in [9.17, 15) is 4.79 Å². The van der Waals surface area contributed by atoms with Crippen LogP contribution in [0.1, 0.15) is 13.8 Å². The average Bonchev–Trinajstić information content (AvgIpc) is 2.75. The van der Waals surface area contributed by atoms with E-state index < -0.39 is 5.54 Å². The lowest BCUT2D eigenvalue weighted by Gasteiger charge is -2.18. The van der Waals surface area contributed by atoms with Gasteiger partial charge in [0.2, 0.25) is 5.91 Å². The van der Waals surface area contributed by atoms with Crippen molar-refractivity contribution in [3.8, 4) is 11.1 Å². The zero-order valence-corrected chi connectivity index (χ0v) is 11.3. The first-order valence-electron chi connectivity index (χ1n) is 6.06. The van der Waals surface area contributed by atoms with Gasteiger partial charge in [-0.25, -0.2) is 0 Å². The van der Waals surface area contributed by atoms with Crippen LogP contribution < -0.4 is 11.1 Å². The first-order valence-corrected chi connectivity index (χ1v) is 6.06. The Hall–Kier alpha value is -2.14. The summed E-state index contributed by atoms with van der Waals surface area (Å²) < 4.78 is 1.74. The highest BCUT2D eigenvalue weighted by Gasteiger charge is 2.21. The van der Waals surface area contributed by atoms with Crippen LogP contribution in [0.5, 0.6) is 0 Å². The molecule has 0 atom stereocenters. The summed E-state index contributed by atoms with van der Waals surface area (Å²) >= 11 is 0. The minimum absolute atomic E-state index is 0.212. The summed E-state index contributed by atoms with van der Waals surface area (Å²) in [7, 11) is 1.87. The van der Waals surface area contributed by atoms with Gasteiger partial charge < -0.3 is 11.1 Å². The average molecular weight is 258 g/mol. The molecule has 0 aliphatic heterocycles. The number of hydrogen-bond donors (Lipinski definition) is 2. The molecule has 5 heteroatoms. The number of carbonyl (C=O) groups excluding carboxylic acids is 1. The first-order chi connectivity index (χ1) is 8.86. The number of hydrogen-bond acceptors (Lipinski definition) is 3. The standard InChI is InChI=1S/C14H18N4O/c1-14(2,15)13(19)17-12-6-4-5-10(7-12)11-8-16-18(3)9-11/h4-9H,15H2,1-3H3,(H,17,19). The monoisotopic (exact) mass is 258 g/mol. The highest BCUT2D eigenvalue weighted by atomic mass is 16.2. The minimum Gasteiger partial charge on any atom is -0.324 e. The Bertz CT molecular complexity index is 595. The van der Waals surface area contributed by atoms with Crippen molar-refractivity contribution in [2.24, 2.45) is 12.8 Å². The van der Waals surface area contributed by atoms with E-state index in [2.05, 4.69) is 10.4 Å². The highest BCUT2D eigenvalue weighted by molar-refractivity contribution is 5.97. The smallest absolute Gasteiger partial charge is 0.243 e. The summed E-state index contributed by atoms with van der Waals surface area (Å²) in [5, 5.41) is 6.94. The van der Waals surface area contributed by atoms with Gasteiger partial charge in [0.25, 0.3) is 0 Å². The van der Waals surface area contributed by atoms with Crippen LogP contribution in [0.15, 0.2) is 36.7 Å². The minimum atomic E-state index is -0.899. The fourth-order valence-corrected chi connectivity index (χ4v) is 1.64. The second kappa shape index (κ2) is 4.85. The van der Waals surface area contributed by atoms with E-state index in [4.69, 9.17) is 5.73 Å². The number of rotatable bonds is 3. The zero-order chi connectivity index (χ0) is 14.0. The molecular formula is C14H18N4O. The molecule has 2 aromatic rings. The fraction of sp³-hybridized carbons (Fsp3) is 0.286. The third-order valence-corrected chi connectivity index (χ3v) is 2.74. The molecule has 1 aromatic heterocycles. The van der Waals surface area contributed by atoms with Crippen molar-refractivity contribution in [1.29, 1.82) is 0 Å². The summed E-state index contributed by atoms with van der Waals surface area (Å²) in [6.07, 6.45) is 3.71. The SMILES string of the molecule is Cn1cc(-c2cccc(NC(=O)C(C)(C)N)c2)cn1. The number of nitrogens with one attached hydrogen (secondary N) is 1. The van der Waals surface area contributed by atoms with E-state index in [0.29, 0.717) is 0 Å². The predicted molar refractivity (Wildman–Crippen MR) is 75.5 cm³/mol. The summed E-state index contributed by atoms with van der Waals surface area (Å²) in [5.41, 5.74) is 7.59. The van der Waals surface area contributed by atoms with Gasteiger partial charge in [0, 0.05) is 24.5 Å². The number of aromatic nitrogens is 2. The topological polar surface area (TPSA) is 72.9 Å². The Kier molecular flexibility index (Phi) is 3.40. The zero-order valence-electron chi connectivity index (χ0n) is 11.3. The Balaban J connectivity index is 2.23. The third kappa shape index (κ3) is 3.20. The summed E-state index contributed by atoms with van der Waals surface area (Å²) in [5.74, 6) is -0.212. The summed E-state index contributed by atoms with van der Waals surface area (Å²) in [6.45, 7) is 3.35. The van der Waals surface area contributed by atoms with Crippen molar-refractivity contribution in [3.63, 3.8) is 0 Å². The van der Waals surface area contributed by atoms with Gasteiger partial charge in [-0.2, -0.15) is 5.10 Å². The number of nitrogens with two attached hydrogens (primary N) is 1. The second-order valence-corrected chi connectivity index (χ2v) is 5.16. The molecule has 0 saturated heterocycles. The molecule has 3 N–H and O–H groups in total. The van der Waals surface area contributed by atoms with E-state index in [1.165, 1.54) is 0 Å². The molecule has 0 saturated carbocycles. The number of carbonyl (C=O) groups is 1. The lowest BCUT2D eigenvalue weighted by molar-refractivity contribution is -0.120. The Morgan fingerprint density at radius 2 is 2.11 bits per heavy atom. The Morgan fingerprint density at radius 3 is 2.68 bits per heavy atom. The Morgan fingerprint density at radius 1 is 1.37 bits per heavy atom. The van der Waals surface area contributed by atoms with Gasteiger partial charge >= 0.3 is 0 Å². The maximum atomic E-state index is 11.8.